The maximum Gasteiger partial charge on any atom is 0.306 e. The van der Waals surface area contributed by atoms with Crippen LogP contribution >= 0.6 is 0 Å². The van der Waals surface area contributed by atoms with Crippen molar-refractivity contribution in [1.29, 1.82) is 0 Å². The fraction of sp³-hybridized carbons (Fsp3) is 0.909. The van der Waals surface area contributed by atoms with Crippen LogP contribution in [-0.4, -0.2) is 35.4 Å². The van der Waals surface area contributed by atoms with Crippen LogP contribution in [0.25, 0.3) is 0 Å². The van der Waals surface area contributed by atoms with Crippen LogP contribution in [-0.2, 0) is 19.1 Å². The molecule has 5 heteroatoms. The van der Waals surface area contributed by atoms with Crippen LogP contribution in [0.5, 0.6) is 0 Å². The Balaban J connectivity index is 2.33. The highest BCUT2D eigenvalue weighted by molar-refractivity contribution is 5.70. The zero-order valence-electron chi connectivity index (χ0n) is 17.4. The van der Waals surface area contributed by atoms with Gasteiger partial charge in [0.25, 0.3) is 0 Å². The van der Waals surface area contributed by atoms with Crippen molar-refractivity contribution < 1.29 is 24.2 Å². The molecule has 0 spiro atoms. The standard InChI is InChI=1S/C22H40O5/c1-3-5-7-9-11-13-21(24)26-19-16-15-18(23)17-20(19)27-22(25)14-12-10-8-6-4-2/h18-20,23H,3-17H2,1-2H3/t18-,19-,20-/m0/s1. The third-order valence-electron chi connectivity index (χ3n) is 5.24. The average Bonchev–Trinajstić information content (AvgIpc) is 2.63. The second kappa shape index (κ2) is 14.9. The second-order valence-electron chi connectivity index (χ2n) is 7.85. The van der Waals surface area contributed by atoms with Gasteiger partial charge in [0.1, 0.15) is 12.2 Å². The number of esters is 2. The third kappa shape index (κ3) is 11.4. The topological polar surface area (TPSA) is 72.8 Å². The summed E-state index contributed by atoms with van der Waals surface area (Å²) < 4.78 is 11.2. The van der Waals surface area contributed by atoms with E-state index in [0.717, 1.165) is 38.5 Å². The minimum Gasteiger partial charge on any atom is -0.458 e. The van der Waals surface area contributed by atoms with Crippen LogP contribution in [0.3, 0.4) is 0 Å². The van der Waals surface area contributed by atoms with E-state index in [4.69, 9.17) is 9.47 Å². The van der Waals surface area contributed by atoms with Crippen molar-refractivity contribution >= 4 is 11.9 Å². The summed E-state index contributed by atoms with van der Waals surface area (Å²) in [6.45, 7) is 4.33. The van der Waals surface area contributed by atoms with Crippen molar-refractivity contribution in [1.82, 2.24) is 0 Å². The molecule has 1 fully saturated rings. The summed E-state index contributed by atoms with van der Waals surface area (Å²) >= 11 is 0. The Morgan fingerprint density at radius 2 is 1.22 bits per heavy atom. The lowest BCUT2D eigenvalue weighted by atomic mass is 9.92. The molecule has 0 aromatic heterocycles. The molecule has 0 bridgehead atoms. The predicted octanol–water partition coefficient (Wildman–Crippen LogP) is 5.08. The first-order chi connectivity index (χ1) is 13.1. The molecule has 1 rings (SSSR count). The van der Waals surface area contributed by atoms with Crippen LogP contribution in [0.2, 0.25) is 0 Å². The van der Waals surface area contributed by atoms with E-state index in [1.54, 1.807) is 0 Å². The molecule has 0 saturated heterocycles. The SMILES string of the molecule is CCCCCCCC(=O)O[C@H]1CC[C@H](O)C[C@@H]1OC(=O)CCCCCCC. The summed E-state index contributed by atoms with van der Waals surface area (Å²) in [6, 6.07) is 0. The smallest absolute Gasteiger partial charge is 0.306 e. The van der Waals surface area contributed by atoms with Gasteiger partial charge in [0.2, 0.25) is 0 Å². The van der Waals surface area contributed by atoms with E-state index in [1.807, 2.05) is 0 Å². The van der Waals surface area contributed by atoms with E-state index in [0.29, 0.717) is 32.1 Å². The Bertz CT molecular complexity index is 410. The van der Waals surface area contributed by atoms with Gasteiger partial charge in [-0.05, 0) is 25.7 Å². The van der Waals surface area contributed by atoms with Crippen molar-refractivity contribution in [3.8, 4) is 0 Å². The molecule has 158 valence electrons. The first-order valence-electron chi connectivity index (χ1n) is 11.1. The molecule has 0 aliphatic heterocycles. The molecule has 3 atom stereocenters. The highest BCUT2D eigenvalue weighted by Gasteiger charge is 2.35. The number of carbonyl (C=O) groups excluding carboxylic acids is 2. The predicted molar refractivity (Wildman–Crippen MR) is 106 cm³/mol. The van der Waals surface area contributed by atoms with Gasteiger partial charge in [0, 0.05) is 19.3 Å². The number of unbranched alkanes of at least 4 members (excludes halogenated alkanes) is 8. The van der Waals surface area contributed by atoms with E-state index in [2.05, 4.69) is 13.8 Å². The Kier molecular flexibility index (Phi) is 13.2. The Morgan fingerprint density at radius 3 is 1.74 bits per heavy atom. The van der Waals surface area contributed by atoms with Crippen molar-refractivity contribution in [2.45, 2.75) is 128 Å². The van der Waals surface area contributed by atoms with Crippen LogP contribution in [0.4, 0.5) is 0 Å². The number of hydrogen-bond acceptors (Lipinski definition) is 5. The van der Waals surface area contributed by atoms with E-state index in [1.165, 1.54) is 25.7 Å². The molecule has 0 radical (unpaired) electrons. The van der Waals surface area contributed by atoms with Crippen molar-refractivity contribution in [2.75, 3.05) is 0 Å². The fourth-order valence-electron chi connectivity index (χ4n) is 3.54. The van der Waals surface area contributed by atoms with Gasteiger partial charge in [0.15, 0.2) is 0 Å². The molecule has 0 aromatic rings. The van der Waals surface area contributed by atoms with Gasteiger partial charge in [-0.25, -0.2) is 0 Å². The lowest BCUT2D eigenvalue weighted by Gasteiger charge is -2.33. The summed E-state index contributed by atoms with van der Waals surface area (Å²) in [4.78, 5) is 24.2. The first-order valence-corrected chi connectivity index (χ1v) is 11.1. The number of aliphatic hydroxyl groups excluding tert-OH is 1. The molecular formula is C22H40O5. The molecular weight excluding hydrogens is 344 g/mol. The van der Waals surface area contributed by atoms with Gasteiger partial charge in [-0.3, -0.25) is 9.59 Å². The van der Waals surface area contributed by atoms with Crippen molar-refractivity contribution in [3.05, 3.63) is 0 Å². The van der Waals surface area contributed by atoms with E-state index in [9.17, 15) is 14.7 Å². The number of carbonyl (C=O) groups is 2. The van der Waals surface area contributed by atoms with Crippen LogP contribution in [0.1, 0.15) is 110 Å². The Hall–Kier alpha value is -1.10. The van der Waals surface area contributed by atoms with Crippen LogP contribution in [0, 0.1) is 0 Å². The lowest BCUT2D eigenvalue weighted by Crippen LogP contribution is -2.42. The minimum absolute atomic E-state index is 0.214. The van der Waals surface area contributed by atoms with Gasteiger partial charge >= 0.3 is 11.9 Å². The Morgan fingerprint density at radius 1 is 0.741 bits per heavy atom. The monoisotopic (exact) mass is 384 g/mol. The number of rotatable bonds is 14. The molecule has 1 aliphatic rings. The molecule has 0 amide bonds. The maximum absolute atomic E-state index is 12.1. The summed E-state index contributed by atoms with van der Waals surface area (Å²) in [7, 11) is 0. The molecule has 0 aromatic carbocycles. The summed E-state index contributed by atoms with van der Waals surface area (Å²) in [5, 5.41) is 9.91. The molecule has 1 saturated carbocycles. The van der Waals surface area contributed by atoms with Gasteiger partial charge < -0.3 is 14.6 Å². The summed E-state index contributed by atoms with van der Waals surface area (Å²) in [5.41, 5.74) is 0. The zero-order valence-corrected chi connectivity index (χ0v) is 17.4. The fourth-order valence-corrected chi connectivity index (χ4v) is 3.54. The van der Waals surface area contributed by atoms with Crippen LogP contribution in [0.15, 0.2) is 0 Å². The van der Waals surface area contributed by atoms with Crippen molar-refractivity contribution in [3.63, 3.8) is 0 Å². The summed E-state index contributed by atoms with van der Waals surface area (Å²) in [5.74, 6) is -0.459. The largest absolute Gasteiger partial charge is 0.458 e. The maximum atomic E-state index is 12.1. The number of ether oxygens (including phenoxy) is 2. The number of hydrogen-bond donors (Lipinski definition) is 1. The summed E-state index contributed by atoms with van der Waals surface area (Å²) in [6.07, 6.45) is 11.7. The van der Waals surface area contributed by atoms with E-state index >= 15 is 0 Å². The van der Waals surface area contributed by atoms with Gasteiger partial charge in [-0.1, -0.05) is 65.2 Å². The molecule has 1 aliphatic carbocycles. The highest BCUT2D eigenvalue weighted by atomic mass is 16.6. The van der Waals surface area contributed by atoms with Gasteiger partial charge in [-0.2, -0.15) is 0 Å². The van der Waals surface area contributed by atoms with Crippen molar-refractivity contribution in [2.24, 2.45) is 0 Å². The lowest BCUT2D eigenvalue weighted by molar-refractivity contribution is -0.175. The number of aliphatic hydroxyl groups is 1. The molecule has 0 heterocycles. The molecule has 0 unspecified atom stereocenters. The molecule has 27 heavy (non-hydrogen) atoms. The van der Waals surface area contributed by atoms with E-state index < -0.39 is 18.3 Å². The molecule has 5 nitrogen and oxygen atoms in total. The second-order valence-corrected chi connectivity index (χ2v) is 7.85. The first kappa shape index (κ1) is 23.9. The van der Waals surface area contributed by atoms with Gasteiger partial charge in [0.05, 0.1) is 6.10 Å². The average molecular weight is 385 g/mol. The minimum atomic E-state index is -0.513. The zero-order chi connectivity index (χ0) is 19.9. The third-order valence-corrected chi connectivity index (χ3v) is 5.24. The van der Waals surface area contributed by atoms with E-state index in [-0.39, 0.29) is 11.9 Å². The highest BCUT2D eigenvalue weighted by Crippen LogP contribution is 2.26. The normalized spacial score (nSPS) is 22.4. The van der Waals surface area contributed by atoms with Crippen LogP contribution < -0.4 is 0 Å². The quantitative estimate of drug-likeness (QED) is 0.334. The molecule has 1 N–H and O–H groups in total. The Labute approximate surface area is 165 Å². The van der Waals surface area contributed by atoms with Gasteiger partial charge in [-0.15, -0.1) is 0 Å².